The van der Waals surface area contributed by atoms with Crippen LogP contribution in [0.25, 0.3) is 0 Å². The fraction of sp³-hybridized carbons (Fsp3) is 0.667. The second-order valence-corrected chi connectivity index (χ2v) is 5.46. The van der Waals surface area contributed by atoms with Gasteiger partial charge >= 0.3 is 5.97 Å². The first-order valence-electron chi connectivity index (χ1n) is 6.11. The van der Waals surface area contributed by atoms with Gasteiger partial charge in [-0.05, 0) is 26.7 Å². The number of anilines is 1. The summed E-state index contributed by atoms with van der Waals surface area (Å²) in [6.07, 6.45) is 2.08. The van der Waals surface area contributed by atoms with Crippen LogP contribution in [0, 0.1) is 0 Å². The molecule has 1 aliphatic rings. The Balaban J connectivity index is 1.99. The van der Waals surface area contributed by atoms with Gasteiger partial charge in [0.15, 0.2) is 10.8 Å². The number of esters is 1. The topological polar surface area (TPSA) is 60.5 Å². The second-order valence-electron chi connectivity index (χ2n) is 4.60. The molecule has 5 nitrogen and oxygen atoms in total. The highest BCUT2D eigenvalue weighted by atomic mass is 32.1. The highest BCUT2D eigenvalue weighted by Gasteiger charge is 2.28. The fourth-order valence-corrected chi connectivity index (χ4v) is 2.75. The Kier molecular flexibility index (Phi) is 4.19. The van der Waals surface area contributed by atoms with E-state index in [2.05, 4.69) is 17.2 Å². The van der Waals surface area contributed by atoms with E-state index in [4.69, 9.17) is 9.47 Å². The molecule has 2 heterocycles. The summed E-state index contributed by atoms with van der Waals surface area (Å²) in [5.41, 5.74) is 0.270. The van der Waals surface area contributed by atoms with E-state index < -0.39 is 0 Å². The Bertz CT molecular complexity index is 413. The van der Waals surface area contributed by atoms with Crippen LogP contribution in [0.5, 0.6) is 0 Å². The van der Waals surface area contributed by atoms with Crippen LogP contribution < -0.4 is 5.32 Å². The summed E-state index contributed by atoms with van der Waals surface area (Å²) in [5.74, 6) is -0.369. The molecule has 1 aromatic heterocycles. The summed E-state index contributed by atoms with van der Waals surface area (Å²) >= 11 is 1.42. The van der Waals surface area contributed by atoms with Crippen LogP contribution in [0.15, 0.2) is 5.38 Å². The predicted octanol–water partition coefficient (Wildman–Crippen LogP) is 2.30. The fourth-order valence-electron chi connectivity index (χ4n) is 1.92. The normalized spacial score (nSPS) is 23.7. The smallest absolute Gasteiger partial charge is 0.357 e. The van der Waals surface area contributed by atoms with Crippen molar-refractivity contribution in [2.45, 2.75) is 32.2 Å². The van der Waals surface area contributed by atoms with Crippen LogP contribution in [0.3, 0.4) is 0 Å². The van der Waals surface area contributed by atoms with Gasteiger partial charge < -0.3 is 14.8 Å². The Morgan fingerprint density at radius 3 is 3.22 bits per heavy atom. The van der Waals surface area contributed by atoms with E-state index in [1.54, 1.807) is 12.3 Å². The maximum atomic E-state index is 11.5. The van der Waals surface area contributed by atoms with Crippen molar-refractivity contribution in [1.82, 2.24) is 4.98 Å². The largest absolute Gasteiger partial charge is 0.461 e. The molecule has 1 saturated heterocycles. The van der Waals surface area contributed by atoms with Gasteiger partial charge in [0, 0.05) is 12.0 Å². The number of nitrogens with one attached hydrogen (secondary N) is 1. The number of hydrogen-bond acceptors (Lipinski definition) is 6. The molecular weight excluding hydrogens is 252 g/mol. The Hall–Kier alpha value is -1.14. The number of nitrogens with zero attached hydrogens (tertiary/aromatic N) is 1. The molecule has 2 rings (SSSR count). The molecule has 100 valence electrons. The number of carbonyl (C=O) groups excluding carboxylic acids is 1. The van der Waals surface area contributed by atoms with Gasteiger partial charge in [-0.25, -0.2) is 9.78 Å². The maximum absolute atomic E-state index is 11.5. The predicted molar refractivity (Wildman–Crippen MR) is 70.2 cm³/mol. The summed E-state index contributed by atoms with van der Waals surface area (Å²) in [6, 6.07) is 0. The molecule has 0 bridgehead atoms. The molecule has 1 fully saturated rings. The van der Waals surface area contributed by atoms with Crippen molar-refractivity contribution in [3.63, 3.8) is 0 Å². The molecule has 0 aromatic carbocycles. The highest BCUT2D eigenvalue weighted by Crippen LogP contribution is 2.26. The third-order valence-electron chi connectivity index (χ3n) is 2.84. The van der Waals surface area contributed by atoms with Gasteiger partial charge in [-0.15, -0.1) is 11.3 Å². The first-order valence-corrected chi connectivity index (χ1v) is 6.99. The van der Waals surface area contributed by atoms with Crippen molar-refractivity contribution in [3.05, 3.63) is 11.1 Å². The van der Waals surface area contributed by atoms with Crippen molar-refractivity contribution in [3.8, 4) is 0 Å². The third kappa shape index (κ3) is 3.20. The van der Waals surface area contributed by atoms with Crippen molar-refractivity contribution >= 4 is 22.4 Å². The zero-order valence-electron chi connectivity index (χ0n) is 10.7. The van der Waals surface area contributed by atoms with Crippen molar-refractivity contribution < 1.29 is 14.3 Å². The molecule has 1 aromatic rings. The van der Waals surface area contributed by atoms with Crippen LogP contribution in [0.1, 0.15) is 37.2 Å². The lowest BCUT2D eigenvalue weighted by Crippen LogP contribution is -2.43. The number of hydrogen-bond donors (Lipinski definition) is 1. The number of ether oxygens (including phenoxy) is 2. The molecular formula is C12H18N2O3S. The zero-order chi connectivity index (χ0) is 13.0. The van der Waals surface area contributed by atoms with Crippen LogP contribution >= 0.6 is 11.3 Å². The summed E-state index contributed by atoms with van der Waals surface area (Å²) in [5, 5.41) is 5.81. The van der Waals surface area contributed by atoms with E-state index in [0.717, 1.165) is 24.6 Å². The van der Waals surface area contributed by atoms with Gasteiger partial charge in [-0.2, -0.15) is 0 Å². The van der Waals surface area contributed by atoms with E-state index in [1.165, 1.54) is 11.3 Å². The zero-order valence-corrected chi connectivity index (χ0v) is 11.5. The molecule has 1 N–H and O–H groups in total. The van der Waals surface area contributed by atoms with E-state index in [1.807, 2.05) is 0 Å². The van der Waals surface area contributed by atoms with Gasteiger partial charge in [0.1, 0.15) is 0 Å². The Labute approximate surface area is 111 Å². The number of thiazole rings is 1. The van der Waals surface area contributed by atoms with Gasteiger partial charge in [-0.3, -0.25) is 0 Å². The minimum absolute atomic E-state index is 0.0952. The molecule has 1 unspecified atom stereocenters. The SMILES string of the molecule is CCOC(=O)c1csc(NC2(C)CCCOC2)n1. The summed E-state index contributed by atoms with van der Waals surface area (Å²) < 4.78 is 10.4. The summed E-state index contributed by atoms with van der Waals surface area (Å²) in [6.45, 7) is 5.75. The molecule has 0 saturated carbocycles. The highest BCUT2D eigenvalue weighted by molar-refractivity contribution is 7.13. The lowest BCUT2D eigenvalue weighted by Gasteiger charge is -2.34. The summed E-state index contributed by atoms with van der Waals surface area (Å²) in [7, 11) is 0. The summed E-state index contributed by atoms with van der Waals surface area (Å²) in [4.78, 5) is 15.7. The lowest BCUT2D eigenvalue weighted by atomic mass is 9.95. The van der Waals surface area contributed by atoms with E-state index >= 15 is 0 Å². The molecule has 0 radical (unpaired) electrons. The average Bonchev–Trinajstić information content (AvgIpc) is 2.78. The number of carbonyl (C=O) groups is 1. The first kappa shape index (κ1) is 13.3. The molecule has 6 heteroatoms. The van der Waals surface area contributed by atoms with Crippen LogP contribution in [0.4, 0.5) is 5.13 Å². The van der Waals surface area contributed by atoms with Crippen LogP contribution in [-0.4, -0.2) is 36.3 Å². The van der Waals surface area contributed by atoms with E-state index in [0.29, 0.717) is 18.9 Å². The molecule has 0 spiro atoms. The molecule has 1 atom stereocenters. The average molecular weight is 270 g/mol. The molecule has 0 amide bonds. The lowest BCUT2D eigenvalue weighted by molar-refractivity contribution is 0.0519. The van der Waals surface area contributed by atoms with Crippen LogP contribution in [0.2, 0.25) is 0 Å². The Morgan fingerprint density at radius 2 is 2.56 bits per heavy atom. The minimum atomic E-state index is -0.369. The molecule has 18 heavy (non-hydrogen) atoms. The van der Waals surface area contributed by atoms with Crippen LogP contribution in [-0.2, 0) is 9.47 Å². The van der Waals surface area contributed by atoms with E-state index in [9.17, 15) is 4.79 Å². The van der Waals surface area contributed by atoms with Gasteiger partial charge in [0.2, 0.25) is 0 Å². The molecule has 0 aliphatic carbocycles. The number of aromatic nitrogens is 1. The second kappa shape index (κ2) is 5.67. The first-order chi connectivity index (χ1) is 8.63. The number of rotatable bonds is 4. The monoisotopic (exact) mass is 270 g/mol. The van der Waals surface area contributed by atoms with Crippen molar-refractivity contribution in [2.24, 2.45) is 0 Å². The molecule has 1 aliphatic heterocycles. The van der Waals surface area contributed by atoms with E-state index in [-0.39, 0.29) is 11.5 Å². The maximum Gasteiger partial charge on any atom is 0.357 e. The minimum Gasteiger partial charge on any atom is -0.461 e. The van der Waals surface area contributed by atoms with Gasteiger partial charge in [0.25, 0.3) is 0 Å². The van der Waals surface area contributed by atoms with Crippen molar-refractivity contribution in [2.75, 3.05) is 25.1 Å². The van der Waals surface area contributed by atoms with Gasteiger partial charge in [-0.1, -0.05) is 0 Å². The Morgan fingerprint density at radius 1 is 1.72 bits per heavy atom. The standard InChI is InChI=1S/C12H18N2O3S/c1-3-17-10(15)9-7-18-11(13-9)14-12(2)5-4-6-16-8-12/h7H,3-6,8H2,1-2H3,(H,13,14). The van der Waals surface area contributed by atoms with Crippen molar-refractivity contribution in [1.29, 1.82) is 0 Å². The quantitative estimate of drug-likeness (QED) is 0.851. The third-order valence-corrected chi connectivity index (χ3v) is 3.59. The van der Waals surface area contributed by atoms with Gasteiger partial charge in [0.05, 0.1) is 18.8 Å².